The van der Waals surface area contributed by atoms with Gasteiger partial charge in [0.25, 0.3) is 11.6 Å². The van der Waals surface area contributed by atoms with E-state index in [1.807, 2.05) is 36.2 Å². The molecule has 1 amide bonds. The number of nitro groups is 1. The monoisotopic (exact) mass is 433 g/mol. The fraction of sp³-hybridized carbons (Fsp3) is 0.304. The van der Waals surface area contributed by atoms with E-state index in [0.29, 0.717) is 17.9 Å². The molecule has 3 aromatic rings. The van der Waals surface area contributed by atoms with Crippen LogP contribution in [0, 0.1) is 17.0 Å². The second kappa shape index (κ2) is 7.67. The quantitative estimate of drug-likeness (QED) is 0.489. The Morgan fingerprint density at radius 2 is 2.03 bits per heavy atom. The number of carbonyl (C=O) groups excluding carboxylic acids is 1. The van der Waals surface area contributed by atoms with Gasteiger partial charge in [-0.3, -0.25) is 14.9 Å². The summed E-state index contributed by atoms with van der Waals surface area (Å²) in [5.41, 5.74) is 4.41. The van der Waals surface area contributed by atoms with Crippen LogP contribution in [0.3, 0.4) is 0 Å². The maximum Gasteiger partial charge on any atom is 0.271 e. The molecule has 2 aromatic carbocycles. The first-order chi connectivity index (χ1) is 15.4. The molecule has 2 atom stereocenters. The Balaban J connectivity index is 1.51. The molecule has 0 saturated carbocycles. The van der Waals surface area contributed by atoms with Crippen LogP contribution in [0.25, 0.3) is 0 Å². The molecule has 0 bridgehead atoms. The van der Waals surface area contributed by atoms with Gasteiger partial charge in [0, 0.05) is 37.5 Å². The third kappa shape index (κ3) is 3.26. The third-order valence-electron chi connectivity index (χ3n) is 6.43. The Morgan fingerprint density at radius 3 is 2.78 bits per heavy atom. The highest BCUT2D eigenvalue weighted by Crippen LogP contribution is 2.48. The number of amides is 1. The minimum absolute atomic E-state index is 0.0176. The van der Waals surface area contributed by atoms with Gasteiger partial charge in [-0.05, 0) is 37.5 Å². The van der Waals surface area contributed by atoms with E-state index in [4.69, 9.17) is 4.52 Å². The van der Waals surface area contributed by atoms with Gasteiger partial charge in [-0.15, -0.1) is 0 Å². The molecule has 2 aliphatic rings. The molecule has 1 saturated heterocycles. The normalized spacial score (nSPS) is 19.4. The summed E-state index contributed by atoms with van der Waals surface area (Å²) in [6.45, 7) is 2.43. The molecule has 9 heteroatoms. The summed E-state index contributed by atoms with van der Waals surface area (Å²) >= 11 is 0. The number of anilines is 3. The van der Waals surface area contributed by atoms with Crippen LogP contribution < -0.4 is 15.1 Å². The first kappa shape index (κ1) is 20.0. The minimum Gasteiger partial charge on any atom is -0.363 e. The fourth-order valence-electron chi connectivity index (χ4n) is 4.80. The van der Waals surface area contributed by atoms with Crippen LogP contribution in [0.5, 0.6) is 0 Å². The number of fused-ring (bicyclic) bond motifs is 5. The number of aromatic nitrogens is 1. The molecular formula is C23H23N5O4. The largest absolute Gasteiger partial charge is 0.363 e. The maximum atomic E-state index is 12.7. The Kier molecular flexibility index (Phi) is 4.80. The predicted octanol–water partition coefficient (Wildman–Crippen LogP) is 4.11. The van der Waals surface area contributed by atoms with Crippen molar-refractivity contribution in [3.63, 3.8) is 0 Å². The van der Waals surface area contributed by atoms with Gasteiger partial charge in [-0.25, -0.2) is 0 Å². The van der Waals surface area contributed by atoms with Crippen LogP contribution in [-0.2, 0) is 0 Å². The first-order valence-corrected chi connectivity index (χ1v) is 10.5. The Hall–Kier alpha value is -3.88. The fourth-order valence-corrected chi connectivity index (χ4v) is 4.80. The number of nitrogens with zero attached hydrogens (tertiary/aromatic N) is 4. The van der Waals surface area contributed by atoms with Crippen LogP contribution in [0.2, 0.25) is 0 Å². The molecule has 0 aliphatic carbocycles. The zero-order valence-electron chi connectivity index (χ0n) is 17.8. The SMILES string of the molecule is Cc1oncc1C(=O)N[C@H]1CCN2c3ccc([N+](=O)[O-])cc3N(C)c3ccccc3[C@H]2C1. The third-order valence-corrected chi connectivity index (χ3v) is 6.43. The summed E-state index contributed by atoms with van der Waals surface area (Å²) in [6, 6.07) is 13.1. The van der Waals surface area contributed by atoms with Crippen molar-refractivity contribution in [2.75, 3.05) is 23.4 Å². The minimum atomic E-state index is -0.364. The highest BCUT2D eigenvalue weighted by molar-refractivity contribution is 5.95. The Labute approximate surface area is 184 Å². The van der Waals surface area contributed by atoms with Crippen molar-refractivity contribution in [1.82, 2.24) is 10.5 Å². The summed E-state index contributed by atoms with van der Waals surface area (Å²) in [5.74, 6) is 0.314. The Morgan fingerprint density at radius 1 is 1.22 bits per heavy atom. The van der Waals surface area contributed by atoms with Crippen molar-refractivity contribution in [2.45, 2.75) is 31.8 Å². The molecule has 164 valence electrons. The summed E-state index contributed by atoms with van der Waals surface area (Å²) in [5, 5.41) is 18.2. The van der Waals surface area contributed by atoms with Crippen molar-refractivity contribution in [2.24, 2.45) is 0 Å². The van der Waals surface area contributed by atoms with Crippen LogP contribution in [0.15, 0.2) is 53.2 Å². The number of non-ortho nitro benzene ring substituents is 1. The van der Waals surface area contributed by atoms with E-state index in [1.165, 1.54) is 6.20 Å². The smallest absolute Gasteiger partial charge is 0.271 e. The first-order valence-electron chi connectivity index (χ1n) is 10.5. The van der Waals surface area contributed by atoms with Gasteiger partial charge in [0.05, 0.1) is 28.5 Å². The molecule has 0 radical (unpaired) electrons. The molecule has 5 rings (SSSR count). The van der Waals surface area contributed by atoms with E-state index in [9.17, 15) is 14.9 Å². The van der Waals surface area contributed by atoms with Crippen molar-refractivity contribution < 1.29 is 14.2 Å². The molecule has 32 heavy (non-hydrogen) atoms. The van der Waals surface area contributed by atoms with E-state index in [1.54, 1.807) is 19.1 Å². The average Bonchev–Trinajstić information content (AvgIpc) is 3.20. The van der Waals surface area contributed by atoms with Crippen LogP contribution in [0.4, 0.5) is 22.7 Å². The molecule has 1 N–H and O–H groups in total. The van der Waals surface area contributed by atoms with Crippen molar-refractivity contribution in [3.05, 3.63) is 75.7 Å². The van der Waals surface area contributed by atoms with E-state index in [2.05, 4.69) is 21.4 Å². The van der Waals surface area contributed by atoms with Crippen LogP contribution in [0.1, 0.15) is 40.6 Å². The summed E-state index contributed by atoms with van der Waals surface area (Å²) in [7, 11) is 1.94. The lowest BCUT2D eigenvalue weighted by Gasteiger charge is -2.41. The number of benzene rings is 2. The van der Waals surface area contributed by atoms with E-state index < -0.39 is 0 Å². The van der Waals surface area contributed by atoms with Crippen molar-refractivity contribution in [1.29, 1.82) is 0 Å². The number of para-hydroxylation sites is 1. The maximum absolute atomic E-state index is 12.7. The zero-order chi connectivity index (χ0) is 22.4. The van der Waals surface area contributed by atoms with Crippen LogP contribution >= 0.6 is 0 Å². The van der Waals surface area contributed by atoms with Gasteiger partial charge in [-0.2, -0.15) is 0 Å². The van der Waals surface area contributed by atoms with Crippen LogP contribution in [-0.4, -0.2) is 35.6 Å². The van der Waals surface area contributed by atoms with E-state index in [0.717, 1.165) is 35.5 Å². The van der Waals surface area contributed by atoms with E-state index in [-0.39, 0.29) is 28.6 Å². The van der Waals surface area contributed by atoms with Gasteiger partial charge in [0.2, 0.25) is 0 Å². The predicted molar refractivity (Wildman–Crippen MR) is 119 cm³/mol. The highest BCUT2D eigenvalue weighted by atomic mass is 16.6. The summed E-state index contributed by atoms with van der Waals surface area (Å²) in [4.78, 5) is 28.1. The standard InChI is InChI=1S/C23H23N5O4/c1-14-18(13-24-32-14)23(29)25-15-9-10-27-20-8-7-16(28(30)31)12-22(20)26(2)19-6-4-3-5-17(19)21(27)11-15/h3-8,12-13,15,21H,9-11H2,1-2H3,(H,25,29)/t15-,21+/m0/s1. The molecule has 1 fully saturated rings. The molecule has 9 nitrogen and oxygen atoms in total. The van der Waals surface area contributed by atoms with Gasteiger partial charge in [0.15, 0.2) is 0 Å². The highest BCUT2D eigenvalue weighted by Gasteiger charge is 2.37. The number of nitrogens with one attached hydrogen (secondary N) is 1. The van der Waals surface area contributed by atoms with Gasteiger partial charge in [-0.1, -0.05) is 23.4 Å². The number of aryl methyl sites for hydroxylation is 1. The second-order valence-corrected chi connectivity index (χ2v) is 8.25. The molecule has 3 heterocycles. The summed E-state index contributed by atoms with van der Waals surface area (Å²) in [6.07, 6.45) is 2.92. The second-order valence-electron chi connectivity index (χ2n) is 8.25. The van der Waals surface area contributed by atoms with Gasteiger partial charge < -0.3 is 19.6 Å². The average molecular weight is 433 g/mol. The van der Waals surface area contributed by atoms with Crippen molar-refractivity contribution in [3.8, 4) is 0 Å². The molecule has 0 spiro atoms. The topological polar surface area (TPSA) is 105 Å². The molecule has 1 aromatic heterocycles. The number of rotatable bonds is 3. The number of hydrogen-bond donors (Lipinski definition) is 1. The molecular weight excluding hydrogens is 410 g/mol. The number of piperidine rings is 1. The van der Waals surface area contributed by atoms with Gasteiger partial charge in [0.1, 0.15) is 11.3 Å². The zero-order valence-corrected chi connectivity index (χ0v) is 17.8. The summed E-state index contributed by atoms with van der Waals surface area (Å²) < 4.78 is 5.03. The Bertz CT molecular complexity index is 1210. The van der Waals surface area contributed by atoms with Crippen molar-refractivity contribution >= 4 is 28.7 Å². The lowest BCUT2D eigenvalue weighted by Crippen LogP contribution is -2.46. The molecule has 0 unspecified atom stereocenters. The number of nitro benzene ring substituents is 1. The number of carbonyl (C=O) groups is 1. The van der Waals surface area contributed by atoms with E-state index >= 15 is 0 Å². The lowest BCUT2D eigenvalue weighted by atomic mass is 9.90. The lowest BCUT2D eigenvalue weighted by molar-refractivity contribution is -0.384. The van der Waals surface area contributed by atoms with Gasteiger partial charge >= 0.3 is 0 Å². The molecule has 2 aliphatic heterocycles. The number of hydrogen-bond acceptors (Lipinski definition) is 7.